The first-order chi connectivity index (χ1) is 60.3. The molecule has 0 bridgehead atoms. The third kappa shape index (κ3) is 23.1. The molecular formula is C92H112Cl4N16O14. The van der Waals surface area contributed by atoms with Crippen molar-refractivity contribution in [1.82, 2.24) is 39.5 Å². The van der Waals surface area contributed by atoms with Crippen LogP contribution in [0.2, 0.25) is 20.1 Å². The van der Waals surface area contributed by atoms with Crippen LogP contribution in [0, 0.1) is 13.8 Å². The van der Waals surface area contributed by atoms with E-state index in [4.69, 9.17) is 84.3 Å². The Morgan fingerprint density at radius 2 is 0.683 bits per heavy atom. The Morgan fingerprint density at radius 1 is 0.389 bits per heavy atom. The predicted octanol–water partition coefficient (Wildman–Crippen LogP) is 19.2. The normalized spacial score (nSPS) is 16.8. The number of halogens is 4. The molecule has 0 atom stereocenters. The van der Waals surface area contributed by atoms with Crippen molar-refractivity contribution in [2.75, 3.05) is 133 Å². The van der Waals surface area contributed by atoms with Gasteiger partial charge in [-0.05, 0) is 207 Å². The standard InChI is InChI=1S/C24H30N4O4.C23H28Cl2N4O3.C23H28N4O4.C22H26Cl2N4O3/c1-16-18(8-6-12-25-16)26-19-7-5-9-20-22(19)31-15-21(29)28(20)17-10-13-27(14-11-17)23(30)32-24(2,3)4;1-23(2,3)32-22(30)28-9-7-15(8-10-28)29-11-12-31-21-18(5-4-6-19(21)29)27-20-16(24)13-26-14-17(20)25;1-15(2)31-23(29)26-12-9-17(10-13-26)27-20-8-4-6-19(22(20)30-14-21(27)28)25-18-7-5-11-24-16(18)3;1-14(2)31-22(29)27-8-6-15(7-9-27)28-10-11-30-21-18(4-3-5-19(21)28)26-20-16(23)12-25-13-17(20)24/h5-9,12,17,26H,10-11,13-15H2,1-4H3;4-6,13-15H,7-12H2,1-3H3,(H,26,27);4-8,11,15,17,25H,9-10,12-14H2,1-3H3;3-5,12-15H,6-11H2,1-2H3,(H,25,26). The van der Waals surface area contributed by atoms with Crippen LogP contribution in [0.3, 0.4) is 0 Å². The van der Waals surface area contributed by atoms with Crippen LogP contribution in [0.5, 0.6) is 23.0 Å². The lowest BCUT2D eigenvalue weighted by Crippen LogP contribution is -2.52. The van der Waals surface area contributed by atoms with E-state index >= 15 is 0 Å². The van der Waals surface area contributed by atoms with E-state index in [1.54, 1.807) is 56.8 Å². The van der Waals surface area contributed by atoms with Crippen molar-refractivity contribution in [3.63, 3.8) is 0 Å². The summed E-state index contributed by atoms with van der Waals surface area (Å²) in [6.45, 7) is 30.2. The van der Waals surface area contributed by atoms with E-state index < -0.39 is 11.2 Å². The van der Waals surface area contributed by atoms with Gasteiger partial charge < -0.3 is 98.4 Å². The van der Waals surface area contributed by atoms with Gasteiger partial charge in [0.25, 0.3) is 11.8 Å². The second-order valence-electron chi connectivity index (χ2n) is 34.2. The summed E-state index contributed by atoms with van der Waals surface area (Å²) in [6.07, 6.45) is 14.7. The summed E-state index contributed by atoms with van der Waals surface area (Å²) in [4.78, 5) is 107. The van der Waals surface area contributed by atoms with Gasteiger partial charge in [-0.25, -0.2) is 19.2 Å². The Hall–Kier alpha value is -11.3. The molecule has 4 N–H and O–H groups in total. The van der Waals surface area contributed by atoms with Crippen LogP contribution in [-0.2, 0) is 28.5 Å². The number of benzene rings is 4. The first kappa shape index (κ1) is 92.3. The zero-order chi connectivity index (χ0) is 89.7. The number of nitrogens with zero attached hydrogens (tertiary/aromatic N) is 12. The summed E-state index contributed by atoms with van der Waals surface area (Å²) in [6, 6.07) is 31.8. The SMILES string of the molecule is CC(C)(C)OC(=O)N1CCC(N2CCOc3c(Nc4c(Cl)cncc4Cl)cccc32)CC1.CC(C)OC(=O)N1CCC(N2CCOc3c(Nc4c(Cl)cncc4Cl)cccc32)CC1.Cc1ncccc1Nc1cccc2c1OCC(=O)N2C1CCN(C(=O)OC(C)(C)C)CC1.Cc1ncccc1Nc1cccc2c1OCC(=O)N2C1CCN(C(=O)OC(C)C)CC1. The fraction of sp³-hybridized carbons (Fsp3) is 0.457. The molecule has 0 aliphatic carbocycles. The van der Waals surface area contributed by atoms with Gasteiger partial charge in [0.15, 0.2) is 36.2 Å². The number of fused-ring (bicyclic) bond motifs is 4. The van der Waals surface area contributed by atoms with Gasteiger partial charge in [-0.15, -0.1) is 0 Å². The maximum atomic E-state index is 12.8. The second-order valence-corrected chi connectivity index (χ2v) is 35.9. The Bertz CT molecular complexity index is 5140. The molecule has 16 rings (SSSR count). The Labute approximate surface area is 756 Å². The van der Waals surface area contributed by atoms with Gasteiger partial charge in [0.1, 0.15) is 24.4 Å². The number of nitrogens with one attached hydrogen (secondary N) is 4. The van der Waals surface area contributed by atoms with Crippen molar-refractivity contribution >= 4 is 151 Å². The Kier molecular flexibility index (Phi) is 30.3. The predicted molar refractivity (Wildman–Crippen MR) is 491 cm³/mol. The number of aromatic nitrogens is 4. The maximum absolute atomic E-state index is 12.8. The van der Waals surface area contributed by atoms with Gasteiger partial charge in [0, 0.05) is 114 Å². The van der Waals surface area contributed by atoms with Crippen molar-refractivity contribution in [3.05, 3.63) is 166 Å². The molecule has 126 heavy (non-hydrogen) atoms. The number of carbonyl (C=O) groups is 6. The fourth-order valence-corrected chi connectivity index (χ4v) is 17.2. The Balaban J connectivity index is 0.000000144. The van der Waals surface area contributed by atoms with Crippen molar-refractivity contribution in [3.8, 4) is 23.0 Å². The van der Waals surface area contributed by atoms with E-state index in [-0.39, 0.29) is 73.7 Å². The lowest BCUT2D eigenvalue weighted by atomic mass is 10.0. The first-order valence-corrected chi connectivity index (χ1v) is 44.4. The monoisotopic (exact) mass is 1800 g/mol. The molecule has 6 amide bonds. The average molecular weight is 1810 g/mol. The summed E-state index contributed by atoms with van der Waals surface area (Å²) in [5.41, 5.74) is 10.5. The highest BCUT2D eigenvalue weighted by Crippen LogP contribution is 2.48. The first-order valence-electron chi connectivity index (χ1n) is 42.9. The molecule has 8 aliphatic heterocycles. The molecule has 0 unspecified atom stereocenters. The molecule has 8 aliphatic rings. The lowest BCUT2D eigenvalue weighted by Gasteiger charge is -2.42. The third-order valence-electron chi connectivity index (χ3n) is 22.2. The van der Waals surface area contributed by atoms with Crippen molar-refractivity contribution in [2.45, 2.75) is 182 Å². The van der Waals surface area contributed by atoms with Crippen LogP contribution in [0.25, 0.3) is 0 Å². The topological polar surface area (TPSA) is 302 Å². The molecule has 12 heterocycles. The number of amides is 6. The Morgan fingerprint density at radius 3 is 1.00 bits per heavy atom. The lowest BCUT2D eigenvalue weighted by molar-refractivity contribution is -0.122. The molecule has 4 aromatic heterocycles. The summed E-state index contributed by atoms with van der Waals surface area (Å²) >= 11 is 25.1. The van der Waals surface area contributed by atoms with Gasteiger partial charge in [-0.3, -0.25) is 29.5 Å². The van der Waals surface area contributed by atoms with E-state index in [0.717, 1.165) is 119 Å². The number of piperidine rings is 4. The summed E-state index contributed by atoms with van der Waals surface area (Å²) in [7, 11) is 0. The summed E-state index contributed by atoms with van der Waals surface area (Å²) in [5, 5.41) is 15.2. The van der Waals surface area contributed by atoms with Crippen molar-refractivity contribution in [1.29, 1.82) is 0 Å². The van der Waals surface area contributed by atoms with Gasteiger partial charge >= 0.3 is 24.4 Å². The van der Waals surface area contributed by atoms with Crippen LogP contribution in [0.15, 0.2) is 134 Å². The average Bonchev–Trinajstić information content (AvgIpc) is 0.780. The van der Waals surface area contributed by atoms with E-state index in [1.165, 1.54) is 0 Å². The molecule has 4 aromatic carbocycles. The molecule has 4 saturated heterocycles. The molecule has 0 radical (unpaired) electrons. The zero-order valence-corrected chi connectivity index (χ0v) is 76.3. The minimum atomic E-state index is -0.525. The maximum Gasteiger partial charge on any atom is 0.410 e. The van der Waals surface area contributed by atoms with Gasteiger partial charge in [-0.1, -0.05) is 70.7 Å². The smallest absolute Gasteiger partial charge is 0.410 e. The number of rotatable bonds is 14. The van der Waals surface area contributed by atoms with E-state index in [9.17, 15) is 28.8 Å². The van der Waals surface area contributed by atoms with Crippen LogP contribution in [0.1, 0.15) is 132 Å². The second kappa shape index (κ2) is 41.4. The molecule has 34 heteroatoms. The number of pyridine rings is 4. The highest BCUT2D eigenvalue weighted by Gasteiger charge is 2.41. The minimum absolute atomic E-state index is 0.000727. The van der Waals surface area contributed by atoms with Crippen LogP contribution >= 0.6 is 46.4 Å². The molecule has 4 fully saturated rings. The molecular weight excluding hydrogens is 1690 g/mol. The molecule has 30 nitrogen and oxygen atoms in total. The fourth-order valence-electron chi connectivity index (χ4n) is 16.3. The quantitative estimate of drug-likeness (QED) is 0.0735. The summed E-state index contributed by atoms with van der Waals surface area (Å²) < 4.78 is 45.4. The van der Waals surface area contributed by atoms with Crippen molar-refractivity contribution < 1.29 is 66.7 Å². The number of carbonyl (C=O) groups excluding carboxylic acids is 6. The number of para-hydroxylation sites is 4. The van der Waals surface area contributed by atoms with E-state index in [2.05, 4.69) is 63.1 Å². The third-order valence-corrected chi connectivity index (χ3v) is 23.4. The van der Waals surface area contributed by atoms with E-state index in [1.807, 2.05) is 178 Å². The number of aryl methyl sites for hydroxylation is 2. The van der Waals surface area contributed by atoms with E-state index in [0.29, 0.717) is 146 Å². The molecule has 8 aromatic rings. The van der Waals surface area contributed by atoms with Gasteiger partial charge in [-0.2, -0.15) is 0 Å². The number of anilines is 12. The highest BCUT2D eigenvalue weighted by molar-refractivity contribution is 6.39. The molecule has 0 saturated carbocycles. The summed E-state index contributed by atoms with van der Waals surface area (Å²) in [5.74, 6) is 2.74. The van der Waals surface area contributed by atoms with Crippen LogP contribution < -0.4 is 59.8 Å². The molecule has 672 valence electrons. The van der Waals surface area contributed by atoms with Crippen LogP contribution in [0.4, 0.5) is 87.4 Å². The van der Waals surface area contributed by atoms with Gasteiger partial charge in [0.2, 0.25) is 0 Å². The number of likely N-dealkylation sites (tertiary alicyclic amines) is 4. The van der Waals surface area contributed by atoms with Gasteiger partial charge in [0.05, 0.1) is 125 Å². The van der Waals surface area contributed by atoms with Crippen molar-refractivity contribution in [2.24, 2.45) is 0 Å². The highest BCUT2D eigenvalue weighted by atomic mass is 35.5. The number of hydrogen-bond donors (Lipinski definition) is 4. The number of hydrogen-bond acceptors (Lipinski definition) is 24. The minimum Gasteiger partial charge on any atom is -0.487 e. The largest absolute Gasteiger partial charge is 0.487 e. The van der Waals surface area contributed by atoms with Crippen LogP contribution in [-0.4, -0.2) is 215 Å². The number of ether oxygens (including phenoxy) is 8. The molecule has 0 spiro atoms. The zero-order valence-electron chi connectivity index (χ0n) is 73.3.